The van der Waals surface area contributed by atoms with Gasteiger partial charge < -0.3 is 24.3 Å². The van der Waals surface area contributed by atoms with E-state index in [2.05, 4.69) is 44.3 Å². The average molecular weight is 541 g/mol. The first-order chi connectivity index (χ1) is 17.0. The number of methoxy groups -OCH3 is 3. The number of anilines is 1. The Morgan fingerprint density at radius 3 is 2.23 bits per heavy atom. The van der Waals surface area contributed by atoms with Crippen LogP contribution in [-0.4, -0.2) is 45.4 Å². The highest BCUT2D eigenvalue weighted by Crippen LogP contribution is 2.47. The molecule has 184 valence electrons. The van der Waals surface area contributed by atoms with Crippen molar-refractivity contribution in [3.05, 3.63) is 81.8 Å². The molecule has 8 heteroatoms. The number of esters is 1. The monoisotopic (exact) mass is 540 g/mol. The molecule has 3 aromatic rings. The van der Waals surface area contributed by atoms with Crippen LogP contribution in [0.4, 0.5) is 5.69 Å². The van der Waals surface area contributed by atoms with Gasteiger partial charge in [0, 0.05) is 10.2 Å². The minimum atomic E-state index is -0.382. The maximum Gasteiger partial charge on any atom is 0.320 e. The molecule has 4 rings (SSSR count). The number of nitrogens with zero attached hydrogens (tertiary/aromatic N) is 1. The predicted molar refractivity (Wildman–Crippen MR) is 138 cm³/mol. The number of hydrogen-bond donors (Lipinski definition) is 1. The lowest BCUT2D eigenvalue weighted by atomic mass is 9.91. The van der Waals surface area contributed by atoms with Gasteiger partial charge in [-0.2, -0.15) is 0 Å². The van der Waals surface area contributed by atoms with Gasteiger partial charge in [-0.05, 0) is 53.9 Å². The third-order valence-corrected chi connectivity index (χ3v) is 6.49. The fourth-order valence-corrected chi connectivity index (χ4v) is 4.91. The minimum absolute atomic E-state index is 0.0771. The predicted octanol–water partition coefficient (Wildman–Crippen LogP) is 5.55. The summed E-state index contributed by atoms with van der Waals surface area (Å²) in [5, 5.41) is 3.62. The van der Waals surface area contributed by atoms with Gasteiger partial charge in [0.15, 0.2) is 11.5 Å². The second-order valence-electron chi connectivity index (χ2n) is 8.03. The van der Waals surface area contributed by atoms with Crippen molar-refractivity contribution in [2.24, 2.45) is 0 Å². The Hall–Kier alpha value is -3.23. The number of halogens is 1. The lowest BCUT2D eigenvalue weighted by Gasteiger charge is -2.44. The molecule has 0 amide bonds. The molecule has 7 nitrogen and oxygen atoms in total. The van der Waals surface area contributed by atoms with E-state index >= 15 is 0 Å². The molecule has 1 N–H and O–H groups in total. The summed E-state index contributed by atoms with van der Waals surface area (Å²) in [7, 11) is 4.75. The molecule has 1 heterocycles. The van der Waals surface area contributed by atoms with Crippen LogP contribution in [0.5, 0.6) is 17.2 Å². The Kier molecular flexibility index (Phi) is 7.83. The van der Waals surface area contributed by atoms with Gasteiger partial charge in [-0.25, -0.2) is 0 Å². The van der Waals surface area contributed by atoms with Gasteiger partial charge in [0.25, 0.3) is 0 Å². The van der Waals surface area contributed by atoms with Gasteiger partial charge in [-0.1, -0.05) is 46.3 Å². The molecule has 0 bridgehead atoms. The normalized spacial score (nSPS) is 17.2. The van der Waals surface area contributed by atoms with Crippen LogP contribution in [0.15, 0.2) is 65.1 Å². The molecule has 0 saturated carbocycles. The third-order valence-electron chi connectivity index (χ3n) is 6.00. The van der Waals surface area contributed by atoms with E-state index in [4.69, 9.17) is 18.9 Å². The molecule has 2 atom stereocenters. The third kappa shape index (κ3) is 5.09. The summed E-state index contributed by atoms with van der Waals surface area (Å²) < 4.78 is 23.1. The Labute approximate surface area is 214 Å². The molecule has 1 aliphatic rings. The molecule has 35 heavy (non-hydrogen) atoms. The summed E-state index contributed by atoms with van der Waals surface area (Å²) in [5.74, 6) is 1.29. The molecule has 0 saturated heterocycles. The summed E-state index contributed by atoms with van der Waals surface area (Å²) in [4.78, 5) is 14.9. The summed E-state index contributed by atoms with van der Waals surface area (Å²) in [6.07, 6.45) is -0.382. The van der Waals surface area contributed by atoms with Crippen LogP contribution in [0.3, 0.4) is 0 Å². The van der Waals surface area contributed by atoms with Crippen molar-refractivity contribution in [2.45, 2.75) is 19.1 Å². The molecule has 2 unspecified atom stereocenters. The van der Waals surface area contributed by atoms with E-state index < -0.39 is 0 Å². The zero-order valence-corrected chi connectivity index (χ0v) is 21.8. The number of carbonyl (C=O) groups is 1. The van der Waals surface area contributed by atoms with E-state index in [1.54, 1.807) is 21.3 Å². The number of rotatable bonds is 8. The standard InChI is InChI=1S/C27H29BrN2O5/c1-5-35-24(31)16-30-25(17-9-7-6-8-10-17)20-15-19(28)11-12-21(20)29-27(30)18-13-22(32-2)26(34-4)23(14-18)33-3/h6-15,25,27,29H,5,16H2,1-4H3. The highest BCUT2D eigenvalue weighted by atomic mass is 79.9. The molecular formula is C27H29BrN2O5. The quantitative estimate of drug-likeness (QED) is 0.375. The van der Waals surface area contributed by atoms with Gasteiger partial charge in [0.2, 0.25) is 5.75 Å². The molecular weight excluding hydrogens is 512 g/mol. The fourth-order valence-electron chi connectivity index (χ4n) is 4.53. The van der Waals surface area contributed by atoms with Gasteiger partial charge in [-0.15, -0.1) is 0 Å². The van der Waals surface area contributed by atoms with E-state index in [9.17, 15) is 4.79 Å². The summed E-state index contributed by atoms with van der Waals surface area (Å²) in [6.45, 7) is 2.20. The Balaban J connectivity index is 1.92. The summed E-state index contributed by atoms with van der Waals surface area (Å²) in [6, 6.07) is 19.9. The topological polar surface area (TPSA) is 69.3 Å². The number of fused-ring (bicyclic) bond motifs is 1. The van der Waals surface area contributed by atoms with Crippen LogP contribution in [0.25, 0.3) is 0 Å². The molecule has 0 aliphatic carbocycles. The van der Waals surface area contributed by atoms with E-state index in [1.807, 2.05) is 49.4 Å². The van der Waals surface area contributed by atoms with Crippen molar-refractivity contribution < 1.29 is 23.7 Å². The number of ether oxygens (including phenoxy) is 4. The number of nitrogens with one attached hydrogen (secondary N) is 1. The van der Waals surface area contributed by atoms with Gasteiger partial charge in [0.05, 0.1) is 40.5 Å². The molecule has 0 spiro atoms. The SMILES string of the molecule is CCOC(=O)CN1C(c2cc(OC)c(OC)c(OC)c2)Nc2ccc(Br)cc2C1c1ccccc1. The van der Waals surface area contributed by atoms with Crippen molar-refractivity contribution in [3.63, 3.8) is 0 Å². The number of carbonyl (C=O) groups excluding carboxylic acids is 1. The van der Waals surface area contributed by atoms with Crippen LogP contribution in [-0.2, 0) is 9.53 Å². The maximum atomic E-state index is 12.8. The lowest BCUT2D eigenvalue weighted by Crippen LogP contribution is -2.44. The zero-order valence-electron chi connectivity index (χ0n) is 20.2. The molecule has 0 radical (unpaired) electrons. The van der Waals surface area contributed by atoms with E-state index in [1.165, 1.54) is 0 Å². The van der Waals surface area contributed by atoms with E-state index in [-0.39, 0.29) is 24.7 Å². The number of hydrogen-bond acceptors (Lipinski definition) is 7. The molecule has 1 aliphatic heterocycles. The minimum Gasteiger partial charge on any atom is -0.493 e. The smallest absolute Gasteiger partial charge is 0.320 e. The van der Waals surface area contributed by atoms with Crippen LogP contribution >= 0.6 is 15.9 Å². The van der Waals surface area contributed by atoms with Gasteiger partial charge in [0.1, 0.15) is 6.17 Å². The van der Waals surface area contributed by atoms with E-state index in [0.29, 0.717) is 23.9 Å². The molecule has 3 aromatic carbocycles. The van der Waals surface area contributed by atoms with Gasteiger partial charge >= 0.3 is 5.97 Å². The average Bonchev–Trinajstić information content (AvgIpc) is 2.88. The summed E-state index contributed by atoms with van der Waals surface area (Å²) >= 11 is 3.61. The Morgan fingerprint density at radius 2 is 1.63 bits per heavy atom. The van der Waals surface area contributed by atoms with Crippen LogP contribution in [0, 0.1) is 0 Å². The van der Waals surface area contributed by atoms with Crippen molar-refractivity contribution in [2.75, 3.05) is 39.8 Å². The van der Waals surface area contributed by atoms with Crippen LogP contribution in [0.1, 0.15) is 35.8 Å². The highest BCUT2D eigenvalue weighted by Gasteiger charge is 2.38. The zero-order chi connectivity index (χ0) is 24.9. The van der Waals surface area contributed by atoms with Crippen molar-refractivity contribution in [3.8, 4) is 17.2 Å². The lowest BCUT2D eigenvalue weighted by molar-refractivity contribution is -0.145. The highest BCUT2D eigenvalue weighted by molar-refractivity contribution is 9.10. The second-order valence-corrected chi connectivity index (χ2v) is 8.94. The van der Waals surface area contributed by atoms with Crippen molar-refractivity contribution >= 4 is 27.6 Å². The van der Waals surface area contributed by atoms with Crippen LogP contribution < -0.4 is 19.5 Å². The van der Waals surface area contributed by atoms with Gasteiger partial charge in [-0.3, -0.25) is 9.69 Å². The maximum absolute atomic E-state index is 12.8. The largest absolute Gasteiger partial charge is 0.493 e. The summed E-state index contributed by atoms with van der Waals surface area (Å²) in [5.41, 5.74) is 3.95. The Bertz CT molecular complexity index is 1160. The van der Waals surface area contributed by atoms with E-state index in [0.717, 1.165) is 26.9 Å². The first-order valence-corrected chi connectivity index (χ1v) is 12.1. The first-order valence-electron chi connectivity index (χ1n) is 11.3. The van der Waals surface area contributed by atoms with Crippen molar-refractivity contribution in [1.82, 2.24) is 4.90 Å². The first kappa shape index (κ1) is 24.9. The molecule has 0 fully saturated rings. The number of benzene rings is 3. The Morgan fingerprint density at radius 1 is 0.943 bits per heavy atom. The fraction of sp³-hybridized carbons (Fsp3) is 0.296. The second kappa shape index (κ2) is 11.0. The molecule has 0 aromatic heterocycles. The van der Waals surface area contributed by atoms with Crippen molar-refractivity contribution in [1.29, 1.82) is 0 Å². The van der Waals surface area contributed by atoms with Crippen LogP contribution in [0.2, 0.25) is 0 Å².